The van der Waals surface area contributed by atoms with Gasteiger partial charge < -0.3 is 14.3 Å². The maximum Gasteiger partial charge on any atom is 0.226 e. The number of hydrogen-bond acceptors (Lipinski definition) is 5. The number of aromatic nitrogens is 4. The van der Waals surface area contributed by atoms with Gasteiger partial charge in [0.05, 0.1) is 6.04 Å². The first-order valence-electron chi connectivity index (χ1n) is 7.01. The minimum atomic E-state index is 0.209. The first kappa shape index (κ1) is 12.3. The van der Waals surface area contributed by atoms with Crippen LogP contribution in [0, 0.1) is 0 Å². The molecule has 0 bridgehead atoms. The van der Waals surface area contributed by atoms with E-state index < -0.39 is 0 Å². The van der Waals surface area contributed by atoms with Gasteiger partial charge in [-0.1, -0.05) is 18.2 Å². The number of nitrogens with one attached hydrogen (secondary N) is 1. The van der Waals surface area contributed by atoms with Gasteiger partial charge >= 0.3 is 0 Å². The molecule has 0 fully saturated rings. The highest BCUT2D eigenvalue weighted by Gasteiger charge is 2.23. The molecule has 1 aliphatic rings. The van der Waals surface area contributed by atoms with Crippen LogP contribution in [0.3, 0.4) is 0 Å². The van der Waals surface area contributed by atoms with E-state index in [1.54, 1.807) is 6.26 Å². The lowest BCUT2D eigenvalue weighted by molar-refractivity contribution is 0.438. The Kier molecular flexibility index (Phi) is 2.82. The minimum absolute atomic E-state index is 0.209. The number of hydrogen-bond donors (Lipinski definition) is 1. The van der Waals surface area contributed by atoms with Gasteiger partial charge in [-0.05, 0) is 19.1 Å². The van der Waals surface area contributed by atoms with Gasteiger partial charge in [0.1, 0.15) is 17.8 Å². The highest BCUT2D eigenvalue weighted by Crippen LogP contribution is 2.26. The molecule has 4 rings (SSSR count). The minimum Gasteiger partial charge on any atom is -0.444 e. The lowest BCUT2D eigenvalue weighted by Crippen LogP contribution is -2.32. The standard InChI is InChI=1S/C15H15N5O/c1-10-13-18-19-14(20(13)8-7-16-10)12-9-21-15(17-12)11-5-3-2-4-6-11/h2-6,9-10,16H,7-8H2,1H3. The summed E-state index contributed by atoms with van der Waals surface area (Å²) in [4.78, 5) is 4.55. The molecule has 3 aromatic rings. The summed E-state index contributed by atoms with van der Waals surface area (Å²) < 4.78 is 7.69. The van der Waals surface area contributed by atoms with E-state index in [1.165, 1.54) is 0 Å². The first-order valence-corrected chi connectivity index (χ1v) is 7.01. The van der Waals surface area contributed by atoms with Crippen molar-refractivity contribution in [1.29, 1.82) is 0 Å². The quantitative estimate of drug-likeness (QED) is 0.780. The molecule has 0 saturated heterocycles. The summed E-state index contributed by atoms with van der Waals surface area (Å²) in [6.45, 7) is 3.83. The number of fused-ring (bicyclic) bond motifs is 1. The molecule has 3 heterocycles. The van der Waals surface area contributed by atoms with Gasteiger partial charge in [0.15, 0.2) is 5.82 Å². The van der Waals surface area contributed by atoms with E-state index in [0.29, 0.717) is 5.89 Å². The van der Waals surface area contributed by atoms with Crippen molar-refractivity contribution < 1.29 is 4.42 Å². The second-order valence-electron chi connectivity index (χ2n) is 5.11. The van der Waals surface area contributed by atoms with Gasteiger partial charge in [-0.2, -0.15) is 0 Å². The van der Waals surface area contributed by atoms with Crippen LogP contribution in [0.1, 0.15) is 18.8 Å². The van der Waals surface area contributed by atoms with E-state index in [-0.39, 0.29) is 6.04 Å². The fourth-order valence-corrected chi connectivity index (χ4v) is 2.62. The van der Waals surface area contributed by atoms with Crippen LogP contribution in [0.25, 0.3) is 23.0 Å². The van der Waals surface area contributed by atoms with Crippen LogP contribution in [0.5, 0.6) is 0 Å². The molecule has 21 heavy (non-hydrogen) atoms. The summed E-state index contributed by atoms with van der Waals surface area (Å²) >= 11 is 0. The molecule has 0 aliphatic carbocycles. The fraction of sp³-hybridized carbons (Fsp3) is 0.267. The largest absolute Gasteiger partial charge is 0.444 e. The third kappa shape index (κ3) is 2.04. The second-order valence-corrected chi connectivity index (χ2v) is 5.11. The Labute approximate surface area is 121 Å². The van der Waals surface area contributed by atoms with Gasteiger partial charge in [-0.3, -0.25) is 0 Å². The molecule has 1 atom stereocenters. The van der Waals surface area contributed by atoms with Gasteiger partial charge in [-0.15, -0.1) is 10.2 Å². The number of rotatable bonds is 2. The van der Waals surface area contributed by atoms with E-state index in [2.05, 4.69) is 32.0 Å². The summed E-state index contributed by atoms with van der Waals surface area (Å²) in [5.74, 6) is 2.31. The molecule has 1 unspecified atom stereocenters. The smallest absolute Gasteiger partial charge is 0.226 e. The van der Waals surface area contributed by atoms with E-state index >= 15 is 0 Å². The van der Waals surface area contributed by atoms with E-state index in [0.717, 1.165) is 36.0 Å². The molecule has 0 radical (unpaired) electrons. The lowest BCUT2D eigenvalue weighted by atomic mass is 10.2. The molecule has 1 aromatic carbocycles. The van der Waals surface area contributed by atoms with Crippen molar-refractivity contribution in [2.24, 2.45) is 0 Å². The summed E-state index contributed by atoms with van der Waals surface area (Å²) in [6.07, 6.45) is 1.65. The van der Waals surface area contributed by atoms with Crippen LogP contribution in [0.15, 0.2) is 41.0 Å². The first-order chi connectivity index (χ1) is 10.3. The monoisotopic (exact) mass is 281 g/mol. The van der Waals surface area contributed by atoms with Crippen molar-refractivity contribution in [3.05, 3.63) is 42.4 Å². The topological polar surface area (TPSA) is 68.8 Å². The Morgan fingerprint density at radius 3 is 2.95 bits per heavy atom. The van der Waals surface area contributed by atoms with E-state index in [9.17, 15) is 0 Å². The van der Waals surface area contributed by atoms with E-state index in [1.807, 2.05) is 30.3 Å². The van der Waals surface area contributed by atoms with Crippen LogP contribution in [-0.2, 0) is 6.54 Å². The van der Waals surface area contributed by atoms with Crippen molar-refractivity contribution in [2.75, 3.05) is 6.54 Å². The van der Waals surface area contributed by atoms with Crippen molar-refractivity contribution in [1.82, 2.24) is 25.1 Å². The molecular weight excluding hydrogens is 266 g/mol. The summed E-state index contributed by atoms with van der Waals surface area (Å²) in [5, 5.41) is 11.9. The molecule has 0 saturated carbocycles. The molecule has 0 amide bonds. The predicted molar refractivity (Wildman–Crippen MR) is 77.4 cm³/mol. The van der Waals surface area contributed by atoms with Gasteiger partial charge in [0, 0.05) is 18.7 Å². The zero-order valence-corrected chi connectivity index (χ0v) is 11.7. The SMILES string of the molecule is CC1NCCn2c(-c3coc(-c4ccccc4)n3)nnc21. The van der Waals surface area contributed by atoms with Crippen molar-refractivity contribution in [2.45, 2.75) is 19.5 Å². The van der Waals surface area contributed by atoms with E-state index in [4.69, 9.17) is 4.42 Å². The maximum absolute atomic E-state index is 5.58. The maximum atomic E-state index is 5.58. The summed E-state index contributed by atoms with van der Waals surface area (Å²) in [6, 6.07) is 10.1. The van der Waals surface area contributed by atoms with Crippen molar-refractivity contribution in [3.8, 4) is 23.0 Å². The Hall–Kier alpha value is -2.47. The van der Waals surface area contributed by atoms with Crippen LogP contribution in [0.2, 0.25) is 0 Å². The second kappa shape index (κ2) is 4.82. The molecule has 1 N–H and O–H groups in total. The van der Waals surface area contributed by atoms with Crippen molar-refractivity contribution >= 4 is 0 Å². The number of nitrogens with zero attached hydrogens (tertiary/aromatic N) is 4. The average Bonchev–Trinajstić information content (AvgIpc) is 3.15. The normalized spacial score (nSPS) is 17.7. The molecular formula is C15H15N5O. The molecule has 1 aliphatic heterocycles. The highest BCUT2D eigenvalue weighted by molar-refractivity contribution is 5.58. The predicted octanol–water partition coefficient (Wildman–Crippen LogP) is 2.26. The summed E-state index contributed by atoms with van der Waals surface area (Å²) in [5.41, 5.74) is 1.68. The van der Waals surface area contributed by atoms with Crippen molar-refractivity contribution in [3.63, 3.8) is 0 Å². The third-order valence-corrected chi connectivity index (χ3v) is 3.71. The Morgan fingerprint density at radius 2 is 2.10 bits per heavy atom. The zero-order chi connectivity index (χ0) is 14.2. The van der Waals surface area contributed by atoms with Crippen LogP contribution < -0.4 is 5.32 Å². The van der Waals surface area contributed by atoms with Crippen LogP contribution >= 0.6 is 0 Å². The fourth-order valence-electron chi connectivity index (χ4n) is 2.62. The summed E-state index contributed by atoms with van der Waals surface area (Å²) in [7, 11) is 0. The van der Waals surface area contributed by atoms with Crippen LogP contribution in [-0.4, -0.2) is 26.3 Å². The molecule has 6 heteroatoms. The molecule has 106 valence electrons. The van der Waals surface area contributed by atoms with Crippen LogP contribution in [0.4, 0.5) is 0 Å². The average molecular weight is 281 g/mol. The lowest BCUT2D eigenvalue weighted by Gasteiger charge is -2.21. The van der Waals surface area contributed by atoms with Gasteiger partial charge in [0.25, 0.3) is 0 Å². The molecule has 2 aromatic heterocycles. The number of oxazole rings is 1. The third-order valence-electron chi connectivity index (χ3n) is 3.71. The molecule has 6 nitrogen and oxygen atoms in total. The zero-order valence-electron chi connectivity index (χ0n) is 11.7. The van der Waals surface area contributed by atoms with Gasteiger partial charge in [0.2, 0.25) is 5.89 Å². The Bertz CT molecular complexity index is 761. The van der Waals surface area contributed by atoms with Gasteiger partial charge in [-0.25, -0.2) is 4.98 Å². The number of benzene rings is 1. The Balaban J connectivity index is 1.74. The molecule has 0 spiro atoms. The highest BCUT2D eigenvalue weighted by atomic mass is 16.3. The Morgan fingerprint density at radius 1 is 1.24 bits per heavy atom.